The van der Waals surface area contributed by atoms with Crippen molar-refractivity contribution in [1.82, 2.24) is 5.32 Å². The van der Waals surface area contributed by atoms with E-state index >= 15 is 4.39 Å². The molecule has 0 aliphatic carbocycles. The lowest BCUT2D eigenvalue weighted by Crippen LogP contribution is -2.73. The minimum absolute atomic E-state index is 0.689. The highest BCUT2D eigenvalue weighted by molar-refractivity contribution is 5.79. The van der Waals surface area contributed by atoms with Gasteiger partial charge in [-0.3, -0.25) is 19.2 Å². The summed E-state index contributed by atoms with van der Waals surface area (Å²) in [5.74, 6) is -8.99. The van der Waals surface area contributed by atoms with Crippen LogP contribution in [0, 0.1) is 0 Å². The van der Waals surface area contributed by atoms with Gasteiger partial charge in [0.2, 0.25) is 5.91 Å². The van der Waals surface area contributed by atoms with Gasteiger partial charge in [-0.2, -0.15) is 4.39 Å². The molecular formula is C18H26F2N2O10. The molecule has 0 aromatic rings. The van der Waals surface area contributed by atoms with Gasteiger partial charge in [0.1, 0.15) is 12.7 Å². The van der Waals surface area contributed by atoms with Crippen molar-refractivity contribution >= 4 is 29.8 Å². The number of methoxy groups -OCH3 is 1. The molecule has 0 spiro atoms. The molecule has 0 aromatic carbocycles. The molecule has 1 saturated heterocycles. The molecule has 1 aliphatic rings. The second kappa shape index (κ2) is 11.1. The Balaban J connectivity index is 3.56. The van der Waals surface area contributed by atoms with Crippen LogP contribution in [0.25, 0.3) is 0 Å². The molecule has 1 fully saturated rings. The largest absolute Gasteiger partial charge is 0.465 e. The van der Waals surface area contributed by atoms with Crippen molar-refractivity contribution < 1.29 is 56.4 Å². The van der Waals surface area contributed by atoms with Crippen molar-refractivity contribution in [2.24, 2.45) is 5.73 Å². The van der Waals surface area contributed by atoms with Gasteiger partial charge in [0.15, 0.2) is 18.4 Å². The lowest BCUT2D eigenvalue weighted by molar-refractivity contribution is -0.280. The first-order valence-electron chi connectivity index (χ1n) is 9.34. The summed E-state index contributed by atoms with van der Waals surface area (Å²) in [4.78, 5) is 58.2. The van der Waals surface area contributed by atoms with E-state index in [2.05, 4.69) is 10.1 Å². The molecule has 0 radical (unpaired) electrons. The number of carbonyl (C=O) groups is 5. The molecule has 12 nitrogen and oxygen atoms in total. The summed E-state index contributed by atoms with van der Waals surface area (Å²) in [5.41, 5.74) is 5.77. The molecule has 0 aromatic heterocycles. The van der Waals surface area contributed by atoms with Gasteiger partial charge < -0.3 is 34.7 Å². The van der Waals surface area contributed by atoms with E-state index in [4.69, 9.17) is 24.7 Å². The molecule has 182 valence electrons. The van der Waals surface area contributed by atoms with Gasteiger partial charge in [-0.15, -0.1) is 0 Å². The third-order valence-corrected chi connectivity index (χ3v) is 4.36. The van der Waals surface area contributed by atoms with Crippen LogP contribution in [0.2, 0.25) is 0 Å². The molecule has 14 heteroatoms. The molecule has 1 rings (SSSR count). The number of nitrogens with one attached hydrogen (secondary N) is 1. The summed E-state index contributed by atoms with van der Waals surface area (Å²) >= 11 is 0. The van der Waals surface area contributed by atoms with E-state index in [1.54, 1.807) is 0 Å². The zero-order chi connectivity index (χ0) is 24.8. The standard InChI is InChI=1S/C18H26F2N2O10/c1-7(23)22-13-12(21)16(19)18(20,17(27)28-5)32-15(13)14(31-10(4)26)11(30-9(3)25)6-29-8(2)24/h11-16H,6,21H2,1-5H3,(H,22,23)/t11-,12?,13?,14-,15?,16?,18-/m1/s1. The molecule has 7 atom stereocenters. The van der Waals surface area contributed by atoms with E-state index in [1.165, 1.54) is 0 Å². The molecule has 1 amide bonds. The Morgan fingerprint density at radius 1 is 1.06 bits per heavy atom. The van der Waals surface area contributed by atoms with Crippen molar-refractivity contribution in [3.05, 3.63) is 0 Å². The van der Waals surface area contributed by atoms with Crippen LogP contribution in [-0.2, 0) is 47.7 Å². The molecule has 1 aliphatic heterocycles. The third-order valence-electron chi connectivity index (χ3n) is 4.36. The highest BCUT2D eigenvalue weighted by atomic mass is 19.2. The normalized spacial score (nSPS) is 29.1. The Labute approximate surface area is 182 Å². The lowest BCUT2D eigenvalue weighted by Gasteiger charge is -2.47. The number of amides is 1. The summed E-state index contributed by atoms with van der Waals surface area (Å²) in [6.45, 7) is 3.32. The second-order valence-electron chi connectivity index (χ2n) is 6.95. The van der Waals surface area contributed by atoms with Crippen LogP contribution < -0.4 is 11.1 Å². The van der Waals surface area contributed by atoms with Gasteiger partial charge in [0.25, 0.3) is 0 Å². The second-order valence-corrected chi connectivity index (χ2v) is 6.95. The average molecular weight is 468 g/mol. The highest BCUT2D eigenvalue weighted by Crippen LogP contribution is 2.36. The Morgan fingerprint density at radius 2 is 1.62 bits per heavy atom. The number of halogens is 2. The molecule has 1 heterocycles. The predicted octanol–water partition coefficient (Wildman–Crippen LogP) is -1.18. The van der Waals surface area contributed by atoms with E-state index in [9.17, 15) is 28.4 Å². The fourth-order valence-electron chi connectivity index (χ4n) is 3.12. The molecule has 0 saturated carbocycles. The number of hydrogen-bond donors (Lipinski definition) is 2. The molecular weight excluding hydrogens is 442 g/mol. The number of nitrogens with two attached hydrogens (primary N) is 1. The summed E-state index contributed by atoms with van der Waals surface area (Å²) in [6.07, 6.45) is -8.09. The van der Waals surface area contributed by atoms with Crippen LogP contribution >= 0.6 is 0 Å². The number of alkyl halides is 2. The molecule has 3 N–H and O–H groups in total. The third kappa shape index (κ3) is 6.56. The zero-order valence-electron chi connectivity index (χ0n) is 18.1. The van der Waals surface area contributed by atoms with Gasteiger partial charge in [-0.1, -0.05) is 0 Å². The van der Waals surface area contributed by atoms with Gasteiger partial charge in [-0.05, 0) is 0 Å². The van der Waals surface area contributed by atoms with Gasteiger partial charge >= 0.3 is 29.7 Å². The lowest BCUT2D eigenvalue weighted by atomic mass is 9.86. The summed E-state index contributed by atoms with van der Waals surface area (Å²) in [5, 5.41) is 2.25. The Hall–Kier alpha value is -2.87. The van der Waals surface area contributed by atoms with E-state index in [0.717, 1.165) is 34.8 Å². The highest BCUT2D eigenvalue weighted by Gasteiger charge is 2.63. The number of hydrogen-bond acceptors (Lipinski definition) is 11. The summed E-state index contributed by atoms with van der Waals surface area (Å²) in [7, 11) is 0.770. The Morgan fingerprint density at radius 3 is 2.06 bits per heavy atom. The molecule has 0 bridgehead atoms. The Kier molecular flexibility index (Phi) is 9.45. The maximum absolute atomic E-state index is 15.3. The first kappa shape index (κ1) is 27.2. The van der Waals surface area contributed by atoms with Crippen molar-refractivity contribution in [2.75, 3.05) is 13.7 Å². The molecule has 32 heavy (non-hydrogen) atoms. The quantitative estimate of drug-likeness (QED) is 0.325. The summed E-state index contributed by atoms with van der Waals surface area (Å²) < 4.78 is 54.3. The van der Waals surface area contributed by atoms with Crippen LogP contribution in [0.4, 0.5) is 8.78 Å². The fourth-order valence-corrected chi connectivity index (χ4v) is 3.12. The van der Waals surface area contributed by atoms with Crippen molar-refractivity contribution in [2.45, 2.75) is 70.1 Å². The minimum atomic E-state index is -3.76. The van der Waals surface area contributed by atoms with Crippen LogP contribution in [0.1, 0.15) is 27.7 Å². The Bertz CT molecular complexity index is 751. The van der Waals surface area contributed by atoms with Crippen LogP contribution in [-0.4, -0.2) is 85.9 Å². The van der Waals surface area contributed by atoms with Crippen LogP contribution in [0.5, 0.6) is 0 Å². The average Bonchev–Trinajstić information content (AvgIpc) is 2.68. The maximum atomic E-state index is 15.3. The van der Waals surface area contributed by atoms with Crippen molar-refractivity contribution in [1.29, 1.82) is 0 Å². The fraction of sp³-hybridized carbons (Fsp3) is 0.722. The van der Waals surface area contributed by atoms with Gasteiger partial charge in [-0.25, -0.2) is 9.18 Å². The number of carbonyl (C=O) groups excluding carboxylic acids is 5. The SMILES string of the molecule is COC(=O)[C@]1(F)OC([C@H](OC(C)=O)[C@@H](COC(C)=O)OC(C)=O)C(NC(C)=O)C(N)C1F. The first-order chi connectivity index (χ1) is 14.7. The van der Waals surface area contributed by atoms with E-state index in [1.807, 2.05) is 0 Å². The smallest absolute Gasteiger partial charge is 0.375 e. The number of esters is 4. The van der Waals surface area contributed by atoms with Crippen LogP contribution in [0.15, 0.2) is 0 Å². The first-order valence-corrected chi connectivity index (χ1v) is 9.34. The van der Waals surface area contributed by atoms with Crippen LogP contribution in [0.3, 0.4) is 0 Å². The zero-order valence-corrected chi connectivity index (χ0v) is 18.1. The monoisotopic (exact) mass is 468 g/mol. The van der Waals surface area contributed by atoms with E-state index in [-0.39, 0.29) is 0 Å². The van der Waals surface area contributed by atoms with Gasteiger partial charge in [0, 0.05) is 27.7 Å². The van der Waals surface area contributed by atoms with Gasteiger partial charge in [0.05, 0.1) is 19.2 Å². The van der Waals surface area contributed by atoms with E-state index in [0.29, 0.717) is 0 Å². The number of rotatable bonds is 8. The van der Waals surface area contributed by atoms with Crippen molar-refractivity contribution in [3.63, 3.8) is 0 Å². The van der Waals surface area contributed by atoms with Crippen molar-refractivity contribution in [3.8, 4) is 0 Å². The topological polar surface area (TPSA) is 170 Å². The molecule has 4 unspecified atom stereocenters. The van der Waals surface area contributed by atoms with E-state index < -0.39 is 78.8 Å². The maximum Gasteiger partial charge on any atom is 0.375 e. The minimum Gasteiger partial charge on any atom is -0.465 e. The number of ether oxygens (including phenoxy) is 5. The summed E-state index contributed by atoms with van der Waals surface area (Å²) in [6, 6.07) is -3.47. The predicted molar refractivity (Wildman–Crippen MR) is 98.9 cm³/mol.